The smallest absolute Gasteiger partial charge is 0.239 e. The largest absolute Gasteiger partial charge is 0.353 e. The standard InChI is InChI=1S/C21H21N3O3S/c1-23-13-15(28(22,26)27)11-14(23)12-20(25)24(2)21-18-9-5-3-7-16(18)17-8-4-6-10-19(17)21/h3-11,13,21H,12H2,1-2H3,(H2,22,26,27). The van der Waals surface area contributed by atoms with Crippen molar-refractivity contribution in [3.05, 3.63) is 77.6 Å². The normalized spacial score (nSPS) is 13.2. The third-order valence-electron chi connectivity index (χ3n) is 5.33. The molecule has 28 heavy (non-hydrogen) atoms. The molecule has 1 heterocycles. The predicted molar refractivity (Wildman–Crippen MR) is 107 cm³/mol. The van der Waals surface area contributed by atoms with E-state index >= 15 is 0 Å². The highest BCUT2D eigenvalue weighted by molar-refractivity contribution is 7.89. The van der Waals surface area contributed by atoms with Crippen molar-refractivity contribution in [1.29, 1.82) is 0 Å². The van der Waals surface area contributed by atoms with E-state index < -0.39 is 10.0 Å². The molecular weight excluding hydrogens is 374 g/mol. The monoisotopic (exact) mass is 395 g/mol. The lowest BCUT2D eigenvalue weighted by Crippen LogP contribution is -2.32. The van der Waals surface area contributed by atoms with Gasteiger partial charge in [-0.3, -0.25) is 4.79 Å². The number of amides is 1. The Morgan fingerprint density at radius 1 is 1.07 bits per heavy atom. The minimum Gasteiger partial charge on any atom is -0.353 e. The van der Waals surface area contributed by atoms with Gasteiger partial charge >= 0.3 is 0 Å². The molecule has 0 aliphatic heterocycles. The number of carbonyl (C=O) groups excluding carboxylic acids is 1. The zero-order valence-corrected chi connectivity index (χ0v) is 16.5. The van der Waals surface area contributed by atoms with Crippen molar-refractivity contribution in [3.8, 4) is 11.1 Å². The van der Waals surface area contributed by atoms with E-state index in [1.165, 1.54) is 12.3 Å². The van der Waals surface area contributed by atoms with Crippen LogP contribution in [0.25, 0.3) is 11.1 Å². The molecule has 0 bridgehead atoms. The van der Waals surface area contributed by atoms with Gasteiger partial charge in [-0.15, -0.1) is 0 Å². The molecule has 3 aromatic rings. The Bertz CT molecular complexity index is 1140. The summed E-state index contributed by atoms with van der Waals surface area (Å²) in [6, 6.07) is 17.5. The molecule has 1 aliphatic rings. The molecule has 7 heteroatoms. The van der Waals surface area contributed by atoms with Crippen LogP contribution in [0, 0.1) is 0 Å². The number of aromatic nitrogens is 1. The number of rotatable bonds is 4. The van der Waals surface area contributed by atoms with Crippen LogP contribution in [-0.4, -0.2) is 30.8 Å². The van der Waals surface area contributed by atoms with E-state index in [0.29, 0.717) is 5.69 Å². The number of nitrogens with two attached hydrogens (primary N) is 1. The van der Waals surface area contributed by atoms with Gasteiger partial charge in [0.05, 0.1) is 17.4 Å². The lowest BCUT2D eigenvalue weighted by molar-refractivity contribution is -0.130. The molecule has 1 aromatic heterocycles. The van der Waals surface area contributed by atoms with Crippen molar-refractivity contribution in [3.63, 3.8) is 0 Å². The van der Waals surface area contributed by atoms with E-state index in [0.717, 1.165) is 22.3 Å². The molecule has 0 saturated carbocycles. The highest BCUT2D eigenvalue weighted by Crippen LogP contribution is 2.45. The maximum absolute atomic E-state index is 13.1. The molecule has 2 aromatic carbocycles. The minimum atomic E-state index is -3.80. The molecule has 0 saturated heterocycles. The molecular formula is C21H21N3O3S. The average molecular weight is 395 g/mol. The number of nitrogens with zero attached hydrogens (tertiary/aromatic N) is 2. The van der Waals surface area contributed by atoms with Crippen molar-refractivity contribution in [1.82, 2.24) is 9.47 Å². The molecule has 0 fully saturated rings. The summed E-state index contributed by atoms with van der Waals surface area (Å²) in [5, 5.41) is 5.20. The van der Waals surface area contributed by atoms with Crippen LogP contribution in [0.5, 0.6) is 0 Å². The third kappa shape index (κ3) is 3.02. The first-order chi connectivity index (χ1) is 13.3. The van der Waals surface area contributed by atoms with E-state index in [1.54, 1.807) is 23.6 Å². The fraction of sp³-hybridized carbons (Fsp3) is 0.190. The highest BCUT2D eigenvalue weighted by atomic mass is 32.2. The second-order valence-electron chi connectivity index (χ2n) is 7.08. The molecule has 6 nitrogen and oxygen atoms in total. The number of hydrogen-bond acceptors (Lipinski definition) is 3. The quantitative estimate of drug-likeness (QED) is 0.736. The first-order valence-electron chi connectivity index (χ1n) is 8.89. The van der Waals surface area contributed by atoms with Crippen molar-refractivity contribution in [2.45, 2.75) is 17.4 Å². The van der Waals surface area contributed by atoms with Crippen LogP contribution >= 0.6 is 0 Å². The predicted octanol–water partition coefficient (Wildman–Crippen LogP) is 2.44. The second-order valence-corrected chi connectivity index (χ2v) is 8.64. The van der Waals surface area contributed by atoms with Crippen LogP contribution in [0.4, 0.5) is 0 Å². The summed E-state index contributed by atoms with van der Waals surface area (Å²) in [4.78, 5) is 14.8. The molecule has 4 rings (SSSR count). The van der Waals surface area contributed by atoms with Gasteiger partial charge in [0.25, 0.3) is 0 Å². The van der Waals surface area contributed by atoms with Gasteiger partial charge in [-0.05, 0) is 28.3 Å². The number of primary sulfonamides is 1. The molecule has 1 amide bonds. The summed E-state index contributed by atoms with van der Waals surface area (Å²) in [6.07, 6.45) is 1.52. The number of hydrogen-bond donors (Lipinski definition) is 1. The first kappa shape index (κ1) is 18.5. The van der Waals surface area contributed by atoms with Gasteiger partial charge in [-0.1, -0.05) is 48.5 Å². The summed E-state index contributed by atoms with van der Waals surface area (Å²) in [6.45, 7) is 0. The Hall–Kier alpha value is -2.90. The number of fused-ring (bicyclic) bond motifs is 3. The third-order valence-corrected chi connectivity index (χ3v) is 6.21. The summed E-state index contributed by atoms with van der Waals surface area (Å²) >= 11 is 0. The van der Waals surface area contributed by atoms with Crippen LogP contribution in [-0.2, 0) is 28.3 Å². The zero-order chi connectivity index (χ0) is 20.1. The maximum Gasteiger partial charge on any atom is 0.239 e. The van der Waals surface area contributed by atoms with E-state index in [-0.39, 0.29) is 23.3 Å². The molecule has 2 N–H and O–H groups in total. The van der Waals surface area contributed by atoms with Crippen molar-refractivity contribution in [2.24, 2.45) is 12.2 Å². The Kier molecular flexibility index (Phi) is 4.36. The first-order valence-corrected chi connectivity index (χ1v) is 10.4. The number of benzene rings is 2. The van der Waals surface area contributed by atoms with Crippen molar-refractivity contribution < 1.29 is 13.2 Å². The fourth-order valence-corrected chi connectivity index (χ4v) is 4.48. The van der Waals surface area contributed by atoms with E-state index in [2.05, 4.69) is 12.1 Å². The Morgan fingerprint density at radius 3 is 2.11 bits per heavy atom. The number of aryl methyl sites for hydroxylation is 1. The average Bonchev–Trinajstić information content (AvgIpc) is 3.19. The van der Waals surface area contributed by atoms with Gasteiger partial charge in [0, 0.05) is 26.0 Å². The topological polar surface area (TPSA) is 85.4 Å². The van der Waals surface area contributed by atoms with Crippen LogP contribution in [0.3, 0.4) is 0 Å². The van der Waals surface area contributed by atoms with Crippen molar-refractivity contribution in [2.75, 3.05) is 7.05 Å². The Labute approximate surface area is 164 Å². The lowest BCUT2D eigenvalue weighted by Gasteiger charge is -2.27. The summed E-state index contributed by atoms with van der Waals surface area (Å²) in [5.74, 6) is -0.0984. The molecule has 144 valence electrons. The van der Waals surface area contributed by atoms with Gasteiger partial charge in [0.1, 0.15) is 0 Å². The molecule has 0 unspecified atom stereocenters. The molecule has 0 spiro atoms. The number of sulfonamides is 1. The van der Waals surface area contributed by atoms with Crippen LogP contribution in [0.1, 0.15) is 22.9 Å². The highest BCUT2D eigenvalue weighted by Gasteiger charge is 2.33. The Balaban J connectivity index is 1.66. The second kappa shape index (κ2) is 6.61. The van der Waals surface area contributed by atoms with Gasteiger partial charge < -0.3 is 9.47 Å². The minimum absolute atomic E-state index is 0.0111. The van der Waals surface area contributed by atoms with Gasteiger partial charge in [-0.25, -0.2) is 13.6 Å². The molecule has 0 radical (unpaired) electrons. The van der Waals surface area contributed by atoms with Gasteiger partial charge in [0.15, 0.2) is 0 Å². The van der Waals surface area contributed by atoms with Gasteiger partial charge in [-0.2, -0.15) is 0 Å². The molecule has 1 aliphatic carbocycles. The molecule has 0 atom stereocenters. The van der Waals surface area contributed by atoms with E-state index in [9.17, 15) is 13.2 Å². The number of carbonyl (C=O) groups is 1. The summed E-state index contributed by atoms with van der Waals surface area (Å²) in [7, 11) is -0.309. The fourth-order valence-electron chi connectivity index (χ4n) is 3.88. The van der Waals surface area contributed by atoms with Gasteiger partial charge in [0.2, 0.25) is 15.9 Å². The zero-order valence-electron chi connectivity index (χ0n) is 15.7. The van der Waals surface area contributed by atoms with Crippen molar-refractivity contribution >= 4 is 15.9 Å². The Morgan fingerprint density at radius 2 is 1.61 bits per heavy atom. The lowest BCUT2D eigenvalue weighted by atomic mass is 10.0. The van der Waals surface area contributed by atoms with Crippen LogP contribution in [0.2, 0.25) is 0 Å². The van der Waals surface area contributed by atoms with E-state index in [4.69, 9.17) is 5.14 Å². The van der Waals surface area contributed by atoms with E-state index in [1.807, 2.05) is 36.4 Å². The van der Waals surface area contributed by atoms with Crippen LogP contribution < -0.4 is 5.14 Å². The summed E-state index contributed by atoms with van der Waals surface area (Å²) in [5.41, 5.74) is 5.06. The van der Waals surface area contributed by atoms with Crippen LogP contribution in [0.15, 0.2) is 65.7 Å². The number of likely N-dealkylation sites (N-methyl/N-ethyl adjacent to an activating group) is 1. The summed E-state index contributed by atoms with van der Waals surface area (Å²) < 4.78 is 24.8. The maximum atomic E-state index is 13.1. The SMILES string of the molecule is CN(C(=O)Cc1cc(S(N)(=O)=O)cn1C)C1c2ccccc2-c2ccccc21.